The summed E-state index contributed by atoms with van der Waals surface area (Å²) < 4.78 is 0. The van der Waals surface area contributed by atoms with Crippen LogP contribution in [0.1, 0.15) is 19.4 Å². The molecule has 0 aliphatic heterocycles. The molecule has 0 aromatic carbocycles. The van der Waals surface area contributed by atoms with Crippen LogP contribution in [0.3, 0.4) is 0 Å². The van der Waals surface area contributed by atoms with Gasteiger partial charge in [0, 0.05) is 18.6 Å². The average molecular weight is 213 g/mol. The lowest BCUT2D eigenvalue weighted by Crippen LogP contribution is -1.95. The van der Waals surface area contributed by atoms with Gasteiger partial charge in [0.1, 0.15) is 5.69 Å². The second kappa shape index (κ2) is 4.84. The molecule has 0 bridgehead atoms. The first-order chi connectivity index (χ1) is 7.75. The van der Waals surface area contributed by atoms with Crippen LogP contribution >= 0.6 is 0 Å². The fraction of sp³-hybridized carbons (Fsp3) is 0.308. The van der Waals surface area contributed by atoms with Crippen LogP contribution in [0.25, 0.3) is 11.4 Å². The van der Waals surface area contributed by atoms with Crippen molar-refractivity contribution in [3.8, 4) is 11.4 Å². The third-order valence-corrected chi connectivity index (χ3v) is 2.29. The smallest absolute Gasteiger partial charge is 0.107 e. The highest BCUT2D eigenvalue weighted by Gasteiger charge is 2.02. The minimum Gasteiger partial charge on any atom is -0.261 e. The Balaban J connectivity index is 2.20. The van der Waals surface area contributed by atoms with Crippen molar-refractivity contribution in [1.29, 1.82) is 0 Å². The van der Waals surface area contributed by atoms with E-state index in [1.54, 1.807) is 18.6 Å². The number of aromatic nitrogens is 3. The van der Waals surface area contributed by atoms with Crippen molar-refractivity contribution in [2.45, 2.75) is 20.3 Å². The van der Waals surface area contributed by atoms with Crippen molar-refractivity contribution in [2.24, 2.45) is 5.92 Å². The number of pyridine rings is 1. The van der Waals surface area contributed by atoms with Gasteiger partial charge in [0.05, 0.1) is 11.9 Å². The first-order valence-corrected chi connectivity index (χ1v) is 5.47. The zero-order valence-corrected chi connectivity index (χ0v) is 9.59. The third kappa shape index (κ3) is 2.63. The summed E-state index contributed by atoms with van der Waals surface area (Å²) in [6, 6.07) is 4.11. The van der Waals surface area contributed by atoms with Gasteiger partial charge in [0.15, 0.2) is 0 Å². The lowest BCUT2D eigenvalue weighted by Gasteiger charge is -2.05. The maximum absolute atomic E-state index is 4.40. The average Bonchev–Trinajstić information content (AvgIpc) is 2.30. The largest absolute Gasteiger partial charge is 0.261 e. The van der Waals surface area contributed by atoms with Gasteiger partial charge in [-0.1, -0.05) is 19.9 Å². The highest BCUT2D eigenvalue weighted by molar-refractivity contribution is 5.52. The van der Waals surface area contributed by atoms with Gasteiger partial charge < -0.3 is 0 Å². The topological polar surface area (TPSA) is 38.7 Å². The van der Waals surface area contributed by atoms with Crippen LogP contribution in [-0.2, 0) is 6.42 Å². The highest BCUT2D eigenvalue weighted by Crippen LogP contribution is 2.14. The summed E-state index contributed by atoms with van der Waals surface area (Å²) in [5.41, 5.74) is 2.96. The van der Waals surface area contributed by atoms with Gasteiger partial charge in [0.25, 0.3) is 0 Å². The van der Waals surface area contributed by atoms with Crippen LogP contribution in [0.2, 0.25) is 0 Å². The van der Waals surface area contributed by atoms with Crippen LogP contribution in [0.5, 0.6) is 0 Å². The van der Waals surface area contributed by atoms with Crippen molar-refractivity contribution in [3.63, 3.8) is 0 Å². The molecule has 2 rings (SSSR count). The summed E-state index contributed by atoms with van der Waals surface area (Å²) in [5.74, 6) is 0.657. The highest BCUT2D eigenvalue weighted by atomic mass is 14.8. The molecule has 0 spiro atoms. The Hall–Kier alpha value is -1.77. The second-order valence-electron chi connectivity index (χ2n) is 4.24. The minimum atomic E-state index is 0.657. The molecule has 0 aliphatic rings. The Morgan fingerprint density at radius 3 is 2.44 bits per heavy atom. The monoisotopic (exact) mass is 213 g/mol. The molecule has 82 valence electrons. The lowest BCUT2D eigenvalue weighted by molar-refractivity contribution is 0.646. The van der Waals surface area contributed by atoms with Crippen LogP contribution < -0.4 is 0 Å². The molecule has 0 amide bonds. The molecule has 0 saturated carbocycles. The molecule has 2 aromatic rings. The maximum Gasteiger partial charge on any atom is 0.107 e. The third-order valence-electron chi connectivity index (χ3n) is 2.29. The van der Waals surface area contributed by atoms with E-state index in [0.29, 0.717) is 5.92 Å². The summed E-state index contributed by atoms with van der Waals surface area (Å²) in [5, 5.41) is 0. The van der Waals surface area contributed by atoms with Gasteiger partial charge >= 0.3 is 0 Å². The van der Waals surface area contributed by atoms with E-state index in [1.165, 1.54) is 5.56 Å². The van der Waals surface area contributed by atoms with E-state index in [4.69, 9.17) is 0 Å². The summed E-state index contributed by atoms with van der Waals surface area (Å²) in [6.45, 7) is 4.41. The van der Waals surface area contributed by atoms with Crippen LogP contribution in [-0.4, -0.2) is 15.0 Å². The number of rotatable bonds is 3. The molecule has 0 atom stereocenters. The van der Waals surface area contributed by atoms with Gasteiger partial charge in [-0.15, -0.1) is 0 Å². The first-order valence-electron chi connectivity index (χ1n) is 5.47. The van der Waals surface area contributed by atoms with E-state index in [1.807, 2.05) is 12.3 Å². The maximum atomic E-state index is 4.40. The van der Waals surface area contributed by atoms with Gasteiger partial charge in [-0.2, -0.15) is 0 Å². The predicted octanol–water partition coefficient (Wildman–Crippen LogP) is 2.74. The molecular formula is C13H15N3. The molecule has 0 saturated heterocycles. The minimum absolute atomic E-state index is 0.657. The Morgan fingerprint density at radius 1 is 1.00 bits per heavy atom. The summed E-state index contributed by atoms with van der Waals surface area (Å²) in [6.07, 6.45) is 8.05. The van der Waals surface area contributed by atoms with Crippen molar-refractivity contribution in [2.75, 3.05) is 0 Å². The van der Waals surface area contributed by atoms with Crippen molar-refractivity contribution < 1.29 is 0 Å². The molecule has 0 fully saturated rings. The Bertz CT molecular complexity index is 434. The molecule has 2 heterocycles. The van der Waals surface area contributed by atoms with E-state index < -0.39 is 0 Å². The van der Waals surface area contributed by atoms with E-state index in [2.05, 4.69) is 34.9 Å². The summed E-state index contributed by atoms with van der Waals surface area (Å²) in [7, 11) is 0. The quantitative estimate of drug-likeness (QED) is 0.786. The second-order valence-corrected chi connectivity index (χ2v) is 4.24. The zero-order valence-electron chi connectivity index (χ0n) is 9.59. The Kier molecular flexibility index (Phi) is 3.25. The van der Waals surface area contributed by atoms with E-state index >= 15 is 0 Å². The van der Waals surface area contributed by atoms with Gasteiger partial charge in [-0.05, 0) is 24.0 Å². The molecule has 0 N–H and O–H groups in total. The predicted molar refractivity (Wildman–Crippen MR) is 63.8 cm³/mol. The molecule has 0 unspecified atom stereocenters. The Labute approximate surface area is 95.6 Å². The fourth-order valence-electron chi connectivity index (χ4n) is 1.60. The summed E-state index contributed by atoms with van der Waals surface area (Å²) >= 11 is 0. The number of nitrogens with zero attached hydrogens (tertiary/aromatic N) is 3. The summed E-state index contributed by atoms with van der Waals surface area (Å²) in [4.78, 5) is 12.6. The molecule has 0 aliphatic carbocycles. The molecule has 3 heteroatoms. The molecule has 2 aromatic heterocycles. The van der Waals surface area contributed by atoms with E-state index in [0.717, 1.165) is 17.8 Å². The van der Waals surface area contributed by atoms with Crippen molar-refractivity contribution in [1.82, 2.24) is 15.0 Å². The van der Waals surface area contributed by atoms with Crippen molar-refractivity contribution in [3.05, 3.63) is 42.5 Å². The van der Waals surface area contributed by atoms with Crippen molar-refractivity contribution >= 4 is 0 Å². The lowest BCUT2D eigenvalue weighted by atomic mass is 10.0. The van der Waals surface area contributed by atoms with E-state index in [-0.39, 0.29) is 0 Å². The Morgan fingerprint density at radius 2 is 1.88 bits per heavy atom. The molecule has 0 radical (unpaired) electrons. The zero-order chi connectivity index (χ0) is 11.4. The van der Waals surface area contributed by atoms with Gasteiger partial charge in [0.2, 0.25) is 0 Å². The fourth-order valence-corrected chi connectivity index (χ4v) is 1.60. The van der Waals surface area contributed by atoms with Crippen LogP contribution in [0.4, 0.5) is 0 Å². The number of hydrogen-bond acceptors (Lipinski definition) is 3. The standard InChI is InChI=1S/C13H15N3/c1-10(2)7-11-3-4-12(16-8-11)13-9-14-5-6-15-13/h3-6,8-10H,7H2,1-2H3. The van der Waals surface area contributed by atoms with Gasteiger partial charge in [-0.3, -0.25) is 15.0 Å². The normalized spacial score (nSPS) is 10.7. The molecule has 3 nitrogen and oxygen atoms in total. The SMILES string of the molecule is CC(C)Cc1ccc(-c2cnccn2)nc1. The number of hydrogen-bond donors (Lipinski definition) is 0. The van der Waals surface area contributed by atoms with E-state index in [9.17, 15) is 0 Å². The van der Waals surface area contributed by atoms with Crippen LogP contribution in [0, 0.1) is 5.92 Å². The van der Waals surface area contributed by atoms with Gasteiger partial charge in [-0.25, -0.2) is 0 Å². The first kappa shape index (κ1) is 10.7. The van der Waals surface area contributed by atoms with Crippen LogP contribution in [0.15, 0.2) is 36.9 Å². The molecule has 16 heavy (non-hydrogen) atoms. The molecular weight excluding hydrogens is 198 g/mol.